The summed E-state index contributed by atoms with van der Waals surface area (Å²) in [4.78, 5) is 22.0. The van der Waals surface area contributed by atoms with E-state index < -0.39 is 4.92 Å². The van der Waals surface area contributed by atoms with Crippen LogP contribution < -0.4 is 10.2 Å². The Morgan fingerprint density at radius 2 is 1.78 bits per heavy atom. The van der Waals surface area contributed by atoms with E-state index in [1.54, 1.807) is 12.1 Å². The number of rotatable bonds is 10. The van der Waals surface area contributed by atoms with Crippen LogP contribution in [0.3, 0.4) is 0 Å². The number of unbranched alkanes of at least 4 members (excludes halogenated alkanes) is 3. The third-order valence-corrected chi connectivity index (χ3v) is 4.97. The summed E-state index contributed by atoms with van der Waals surface area (Å²) in [5.74, 6) is 0.954. The van der Waals surface area contributed by atoms with E-state index in [0.29, 0.717) is 23.0 Å². The summed E-state index contributed by atoms with van der Waals surface area (Å²) in [7, 11) is 0. The molecule has 0 saturated heterocycles. The lowest BCUT2D eigenvalue weighted by Crippen LogP contribution is -2.21. The van der Waals surface area contributed by atoms with Gasteiger partial charge in [0.2, 0.25) is 11.3 Å². The van der Waals surface area contributed by atoms with Crippen LogP contribution in [0.1, 0.15) is 32.6 Å². The first-order chi connectivity index (χ1) is 15.7. The van der Waals surface area contributed by atoms with Crippen molar-refractivity contribution in [3.63, 3.8) is 0 Å². The van der Waals surface area contributed by atoms with E-state index in [0.717, 1.165) is 37.9 Å². The first kappa shape index (κ1) is 21.2. The maximum atomic E-state index is 11.2. The second-order valence-corrected chi connectivity index (χ2v) is 7.29. The molecular weight excluding hydrogens is 410 g/mol. The summed E-state index contributed by atoms with van der Waals surface area (Å²) in [5.41, 5.74) is 1.99. The van der Waals surface area contributed by atoms with Crippen molar-refractivity contribution in [2.75, 3.05) is 16.8 Å². The number of anilines is 4. The van der Waals surface area contributed by atoms with E-state index in [4.69, 9.17) is 4.63 Å². The first-order valence-corrected chi connectivity index (χ1v) is 10.5. The Hall–Kier alpha value is -4.08. The molecule has 0 saturated carbocycles. The standard InChI is InChI=1S/C22H23N7O3/c1-2-3-4-8-14-28(17-11-6-5-7-12-17)22-21(24-19-20(25-22)27-32-26-19)23-16-10-9-13-18(15-16)29(30)31/h5-7,9-13,15H,2-4,8,14H2,1H3,(H,23,24,26). The van der Waals surface area contributed by atoms with E-state index in [-0.39, 0.29) is 11.3 Å². The van der Waals surface area contributed by atoms with Gasteiger partial charge in [-0.1, -0.05) is 50.5 Å². The van der Waals surface area contributed by atoms with Crippen molar-refractivity contribution < 1.29 is 9.55 Å². The van der Waals surface area contributed by atoms with Crippen LogP contribution in [0.4, 0.5) is 28.7 Å². The minimum atomic E-state index is -0.438. The predicted molar refractivity (Wildman–Crippen MR) is 121 cm³/mol. The van der Waals surface area contributed by atoms with Gasteiger partial charge in [-0.25, -0.2) is 14.6 Å². The molecule has 1 N–H and O–H groups in total. The second kappa shape index (κ2) is 9.82. The Labute approximate surface area is 184 Å². The fourth-order valence-electron chi connectivity index (χ4n) is 3.40. The number of para-hydroxylation sites is 1. The molecule has 10 nitrogen and oxygen atoms in total. The van der Waals surface area contributed by atoms with Crippen molar-refractivity contribution in [3.05, 3.63) is 64.7 Å². The molecule has 10 heteroatoms. The molecule has 32 heavy (non-hydrogen) atoms. The highest BCUT2D eigenvalue weighted by molar-refractivity contribution is 5.80. The van der Waals surface area contributed by atoms with Crippen molar-refractivity contribution in [3.8, 4) is 0 Å². The van der Waals surface area contributed by atoms with Crippen LogP contribution in [-0.2, 0) is 0 Å². The summed E-state index contributed by atoms with van der Waals surface area (Å²) < 4.78 is 4.81. The zero-order chi connectivity index (χ0) is 22.3. The van der Waals surface area contributed by atoms with Gasteiger partial charge >= 0.3 is 0 Å². The molecule has 4 aromatic rings. The number of nitro groups is 1. The quantitative estimate of drug-likeness (QED) is 0.199. The smallest absolute Gasteiger partial charge is 0.271 e. The van der Waals surface area contributed by atoms with Gasteiger partial charge in [0, 0.05) is 30.1 Å². The summed E-state index contributed by atoms with van der Waals surface area (Å²) in [5, 5.41) is 22.0. The van der Waals surface area contributed by atoms with Crippen LogP contribution >= 0.6 is 0 Å². The van der Waals surface area contributed by atoms with Gasteiger partial charge in [0.05, 0.1) is 4.92 Å². The Morgan fingerprint density at radius 1 is 1.00 bits per heavy atom. The molecule has 2 aromatic carbocycles. The zero-order valence-corrected chi connectivity index (χ0v) is 17.6. The fraction of sp³-hybridized carbons (Fsp3) is 0.273. The Kier molecular flexibility index (Phi) is 6.49. The van der Waals surface area contributed by atoms with E-state index in [2.05, 4.69) is 37.4 Å². The van der Waals surface area contributed by atoms with Crippen LogP contribution in [0, 0.1) is 10.1 Å². The number of benzene rings is 2. The number of hydrogen-bond acceptors (Lipinski definition) is 9. The molecule has 0 radical (unpaired) electrons. The highest BCUT2D eigenvalue weighted by atomic mass is 16.6. The molecule has 0 spiro atoms. The second-order valence-electron chi connectivity index (χ2n) is 7.29. The third kappa shape index (κ3) is 4.80. The van der Waals surface area contributed by atoms with Gasteiger partial charge < -0.3 is 10.2 Å². The number of non-ortho nitro benzene ring substituents is 1. The number of nitrogens with one attached hydrogen (secondary N) is 1. The average Bonchev–Trinajstić information content (AvgIpc) is 3.27. The monoisotopic (exact) mass is 433 g/mol. The molecule has 2 heterocycles. The predicted octanol–water partition coefficient (Wildman–Crippen LogP) is 5.38. The summed E-state index contributed by atoms with van der Waals surface area (Å²) in [6, 6.07) is 16.1. The lowest BCUT2D eigenvalue weighted by Gasteiger charge is -2.25. The summed E-state index contributed by atoms with van der Waals surface area (Å²) >= 11 is 0. The summed E-state index contributed by atoms with van der Waals surface area (Å²) in [6.07, 6.45) is 4.35. The van der Waals surface area contributed by atoms with Gasteiger partial charge in [0.15, 0.2) is 11.6 Å². The topological polar surface area (TPSA) is 123 Å². The molecule has 0 aliphatic heterocycles. The fourth-order valence-corrected chi connectivity index (χ4v) is 3.40. The van der Waals surface area contributed by atoms with Gasteiger partial charge in [-0.3, -0.25) is 10.1 Å². The number of nitrogens with zero attached hydrogens (tertiary/aromatic N) is 6. The van der Waals surface area contributed by atoms with Crippen molar-refractivity contribution in [1.29, 1.82) is 0 Å². The molecule has 0 atom stereocenters. The van der Waals surface area contributed by atoms with Gasteiger partial charge in [0.25, 0.3) is 5.69 Å². The highest BCUT2D eigenvalue weighted by Gasteiger charge is 2.20. The van der Waals surface area contributed by atoms with Crippen molar-refractivity contribution in [2.45, 2.75) is 32.6 Å². The Bertz CT molecular complexity index is 1200. The van der Waals surface area contributed by atoms with Gasteiger partial charge in [0.1, 0.15) is 0 Å². The normalized spacial score (nSPS) is 10.9. The minimum Gasteiger partial charge on any atom is -0.337 e. The largest absolute Gasteiger partial charge is 0.337 e. The Balaban J connectivity index is 1.76. The molecule has 0 unspecified atom stereocenters. The molecule has 0 bridgehead atoms. The Morgan fingerprint density at radius 3 is 2.53 bits per heavy atom. The molecule has 0 fully saturated rings. The van der Waals surface area contributed by atoms with E-state index in [9.17, 15) is 10.1 Å². The molecule has 0 amide bonds. The lowest BCUT2D eigenvalue weighted by molar-refractivity contribution is -0.384. The van der Waals surface area contributed by atoms with Crippen molar-refractivity contribution in [1.82, 2.24) is 20.3 Å². The molecule has 4 rings (SSSR count). The van der Waals surface area contributed by atoms with Crippen LogP contribution in [-0.4, -0.2) is 31.7 Å². The lowest BCUT2D eigenvalue weighted by atomic mass is 10.2. The molecular formula is C22H23N7O3. The SMILES string of the molecule is CCCCCCN(c1ccccc1)c1nc2nonc2nc1Nc1cccc([N+](=O)[O-])c1. The number of aromatic nitrogens is 4. The molecule has 2 aromatic heterocycles. The van der Waals surface area contributed by atoms with Crippen molar-refractivity contribution >= 4 is 40.0 Å². The number of fused-ring (bicyclic) bond motifs is 1. The third-order valence-electron chi connectivity index (χ3n) is 4.97. The number of nitro benzene ring substituents is 1. The van der Waals surface area contributed by atoms with Gasteiger partial charge in [-0.15, -0.1) is 0 Å². The van der Waals surface area contributed by atoms with Gasteiger partial charge in [-0.2, -0.15) is 0 Å². The number of hydrogen-bond donors (Lipinski definition) is 1. The molecule has 0 aliphatic rings. The van der Waals surface area contributed by atoms with Crippen LogP contribution in [0.25, 0.3) is 11.3 Å². The van der Waals surface area contributed by atoms with E-state index in [1.807, 2.05) is 30.3 Å². The highest BCUT2D eigenvalue weighted by Crippen LogP contribution is 2.33. The minimum absolute atomic E-state index is 0.0202. The van der Waals surface area contributed by atoms with Crippen LogP contribution in [0.15, 0.2) is 59.2 Å². The maximum Gasteiger partial charge on any atom is 0.271 e. The van der Waals surface area contributed by atoms with Crippen LogP contribution in [0.2, 0.25) is 0 Å². The molecule has 164 valence electrons. The maximum absolute atomic E-state index is 11.2. The first-order valence-electron chi connectivity index (χ1n) is 10.5. The average molecular weight is 433 g/mol. The zero-order valence-electron chi connectivity index (χ0n) is 17.6. The molecule has 0 aliphatic carbocycles. The summed E-state index contributed by atoms with van der Waals surface area (Å²) in [6.45, 7) is 2.89. The van der Waals surface area contributed by atoms with E-state index in [1.165, 1.54) is 12.1 Å². The van der Waals surface area contributed by atoms with Gasteiger partial charge in [-0.05, 0) is 34.9 Å². The van der Waals surface area contributed by atoms with Crippen molar-refractivity contribution in [2.24, 2.45) is 0 Å². The van der Waals surface area contributed by atoms with Crippen LogP contribution in [0.5, 0.6) is 0 Å². The van der Waals surface area contributed by atoms with E-state index >= 15 is 0 Å².